The number of aryl methyl sites for hydroxylation is 1. The highest BCUT2D eigenvalue weighted by molar-refractivity contribution is 5.85. The molecule has 0 saturated carbocycles. The number of nitrogens with zero attached hydrogens (tertiary/aromatic N) is 3. The third kappa shape index (κ3) is 4.44. The van der Waals surface area contributed by atoms with Crippen LogP contribution in [0.25, 0.3) is 10.9 Å². The Morgan fingerprint density at radius 3 is 2.71 bits per heavy atom. The van der Waals surface area contributed by atoms with E-state index in [2.05, 4.69) is 15.3 Å². The minimum absolute atomic E-state index is 0.0148. The van der Waals surface area contributed by atoms with Gasteiger partial charge in [-0.15, -0.1) is 0 Å². The van der Waals surface area contributed by atoms with Crippen LogP contribution in [0.3, 0.4) is 0 Å². The number of fused-ring (bicyclic) bond motifs is 1. The van der Waals surface area contributed by atoms with Crippen LogP contribution in [-0.2, 0) is 9.53 Å². The fraction of sp³-hybridized carbons (Fsp3) is 0.550. The van der Waals surface area contributed by atoms with Gasteiger partial charge in [0.2, 0.25) is 11.9 Å². The Labute approximate surface area is 165 Å². The molecule has 0 spiro atoms. The van der Waals surface area contributed by atoms with Gasteiger partial charge in [0.25, 0.3) is 0 Å². The van der Waals surface area contributed by atoms with Gasteiger partial charge >= 0.3 is 0 Å². The van der Waals surface area contributed by atoms with Gasteiger partial charge in [0, 0.05) is 38.2 Å². The number of carbonyl (C=O) groups excluding carboxylic acids is 1. The Morgan fingerprint density at radius 1 is 1.29 bits per heavy atom. The number of nitrogens with one attached hydrogen (secondary N) is 1. The number of aromatic nitrogens is 2. The Kier molecular flexibility index (Phi) is 6.51. The SMILES string of the molecule is COc1cc2nc(N(C)CCCNC(=O)C3CCCO3)nc(C)c2cc1OC. The average molecular weight is 388 g/mol. The number of carbonyl (C=O) groups is 1. The molecule has 8 nitrogen and oxygen atoms in total. The monoisotopic (exact) mass is 388 g/mol. The summed E-state index contributed by atoms with van der Waals surface area (Å²) < 4.78 is 16.1. The predicted molar refractivity (Wildman–Crippen MR) is 107 cm³/mol. The molecule has 1 N–H and O–H groups in total. The molecular formula is C20H28N4O4. The van der Waals surface area contributed by atoms with Crippen molar-refractivity contribution in [1.29, 1.82) is 0 Å². The van der Waals surface area contributed by atoms with Crippen molar-refractivity contribution in [2.75, 3.05) is 45.9 Å². The summed E-state index contributed by atoms with van der Waals surface area (Å²) in [7, 11) is 5.17. The van der Waals surface area contributed by atoms with Crippen LogP contribution in [0.1, 0.15) is 25.0 Å². The van der Waals surface area contributed by atoms with Crippen LogP contribution in [-0.4, -0.2) is 62.9 Å². The standard InChI is InChI=1S/C20H28N4O4/c1-13-14-11-17(26-3)18(27-4)12-15(14)23-20(22-13)24(2)9-6-8-21-19(25)16-7-5-10-28-16/h11-12,16H,5-10H2,1-4H3,(H,21,25). The Bertz CT molecular complexity index is 837. The van der Waals surface area contributed by atoms with E-state index < -0.39 is 0 Å². The zero-order valence-corrected chi connectivity index (χ0v) is 16.9. The maximum atomic E-state index is 12.0. The van der Waals surface area contributed by atoms with Crippen LogP contribution in [0.4, 0.5) is 5.95 Å². The van der Waals surface area contributed by atoms with E-state index >= 15 is 0 Å². The van der Waals surface area contributed by atoms with E-state index in [4.69, 9.17) is 14.2 Å². The lowest BCUT2D eigenvalue weighted by molar-refractivity contribution is -0.130. The Hall–Kier alpha value is -2.61. The molecule has 2 aromatic rings. The molecule has 2 heterocycles. The van der Waals surface area contributed by atoms with E-state index in [9.17, 15) is 4.79 Å². The van der Waals surface area contributed by atoms with E-state index in [0.717, 1.165) is 42.4 Å². The first-order valence-corrected chi connectivity index (χ1v) is 9.54. The molecule has 1 unspecified atom stereocenters. The number of methoxy groups -OCH3 is 2. The van der Waals surface area contributed by atoms with Gasteiger partial charge in [0.15, 0.2) is 11.5 Å². The number of hydrogen-bond donors (Lipinski definition) is 1. The highest BCUT2D eigenvalue weighted by atomic mass is 16.5. The van der Waals surface area contributed by atoms with E-state index in [-0.39, 0.29) is 12.0 Å². The lowest BCUT2D eigenvalue weighted by Gasteiger charge is -2.19. The van der Waals surface area contributed by atoms with Crippen molar-refractivity contribution in [2.24, 2.45) is 0 Å². The number of hydrogen-bond acceptors (Lipinski definition) is 7. The fourth-order valence-electron chi connectivity index (χ4n) is 3.29. The molecule has 152 valence electrons. The van der Waals surface area contributed by atoms with Crippen LogP contribution in [0.5, 0.6) is 11.5 Å². The summed E-state index contributed by atoms with van der Waals surface area (Å²) in [6, 6.07) is 3.76. The smallest absolute Gasteiger partial charge is 0.249 e. The molecule has 1 aromatic carbocycles. The molecular weight excluding hydrogens is 360 g/mol. The predicted octanol–water partition coefficient (Wildman–Crippen LogP) is 2.08. The van der Waals surface area contributed by atoms with Crippen molar-refractivity contribution in [3.05, 3.63) is 17.8 Å². The summed E-state index contributed by atoms with van der Waals surface area (Å²) in [5.41, 5.74) is 1.68. The quantitative estimate of drug-likeness (QED) is 0.693. The number of rotatable bonds is 8. The molecule has 1 aliphatic rings. The second-order valence-electron chi connectivity index (χ2n) is 6.90. The maximum Gasteiger partial charge on any atom is 0.249 e. The fourth-order valence-corrected chi connectivity index (χ4v) is 3.29. The summed E-state index contributed by atoms with van der Waals surface area (Å²) in [5.74, 6) is 1.92. The van der Waals surface area contributed by atoms with Gasteiger partial charge < -0.3 is 24.4 Å². The van der Waals surface area contributed by atoms with Crippen molar-refractivity contribution < 1.29 is 19.0 Å². The van der Waals surface area contributed by atoms with Gasteiger partial charge in [0.05, 0.1) is 25.4 Å². The van der Waals surface area contributed by atoms with Gasteiger partial charge in [0.1, 0.15) is 6.10 Å². The topological polar surface area (TPSA) is 85.8 Å². The first-order chi connectivity index (χ1) is 13.5. The summed E-state index contributed by atoms with van der Waals surface area (Å²) in [6.45, 7) is 3.95. The molecule has 0 radical (unpaired) electrons. The van der Waals surface area contributed by atoms with Crippen molar-refractivity contribution in [1.82, 2.24) is 15.3 Å². The highest BCUT2D eigenvalue weighted by Gasteiger charge is 2.22. The van der Waals surface area contributed by atoms with Gasteiger partial charge in [-0.05, 0) is 32.3 Å². The summed E-state index contributed by atoms with van der Waals surface area (Å²) in [4.78, 5) is 23.2. The molecule has 1 fully saturated rings. The molecule has 1 aliphatic heterocycles. The van der Waals surface area contributed by atoms with E-state index in [0.29, 0.717) is 30.6 Å². The Morgan fingerprint density at radius 2 is 2.04 bits per heavy atom. The Balaban J connectivity index is 1.62. The molecule has 0 aliphatic carbocycles. The minimum Gasteiger partial charge on any atom is -0.493 e. The first kappa shape index (κ1) is 20.1. The summed E-state index contributed by atoms with van der Waals surface area (Å²) in [6.07, 6.45) is 2.28. The molecule has 3 rings (SSSR count). The maximum absolute atomic E-state index is 12.0. The number of ether oxygens (including phenoxy) is 3. The summed E-state index contributed by atoms with van der Waals surface area (Å²) in [5, 5.41) is 3.87. The molecule has 1 saturated heterocycles. The van der Waals surface area contributed by atoms with Gasteiger partial charge in [-0.25, -0.2) is 9.97 Å². The van der Waals surface area contributed by atoms with Crippen molar-refractivity contribution in [3.8, 4) is 11.5 Å². The van der Waals surface area contributed by atoms with Crippen LogP contribution >= 0.6 is 0 Å². The van der Waals surface area contributed by atoms with Crippen LogP contribution in [0, 0.1) is 6.92 Å². The second kappa shape index (κ2) is 9.05. The van der Waals surface area contributed by atoms with Crippen LogP contribution in [0.2, 0.25) is 0 Å². The molecule has 1 aromatic heterocycles. The van der Waals surface area contributed by atoms with Crippen LogP contribution in [0.15, 0.2) is 12.1 Å². The van der Waals surface area contributed by atoms with E-state index in [1.807, 2.05) is 31.0 Å². The molecule has 0 bridgehead atoms. The van der Waals surface area contributed by atoms with Crippen LogP contribution < -0.4 is 19.7 Å². The molecule has 1 amide bonds. The zero-order chi connectivity index (χ0) is 20.1. The normalized spacial score (nSPS) is 16.2. The minimum atomic E-state index is -0.281. The lowest BCUT2D eigenvalue weighted by atomic mass is 10.1. The number of amides is 1. The first-order valence-electron chi connectivity index (χ1n) is 9.54. The summed E-state index contributed by atoms with van der Waals surface area (Å²) >= 11 is 0. The van der Waals surface area contributed by atoms with Crippen molar-refractivity contribution in [2.45, 2.75) is 32.3 Å². The lowest BCUT2D eigenvalue weighted by Crippen LogP contribution is -2.36. The van der Waals surface area contributed by atoms with E-state index in [1.165, 1.54) is 0 Å². The van der Waals surface area contributed by atoms with Crippen molar-refractivity contribution >= 4 is 22.8 Å². The second-order valence-corrected chi connectivity index (χ2v) is 6.90. The van der Waals surface area contributed by atoms with E-state index in [1.54, 1.807) is 14.2 Å². The highest BCUT2D eigenvalue weighted by Crippen LogP contribution is 2.33. The molecule has 1 atom stereocenters. The van der Waals surface area contributed by atoms with Crippen molar-refractivity contribution in [3.63, 3.8) is 0 Å². The van der Waals surface area contributed by atoms with Gasteiger partial charge in [-0.1, -0.05) is 0 Å². The average Bonchev–Trinajstić information content (AvgIpc) is 3.24. The largest absolute Gasteiger partial charge is 0.493 e. The third-order valence-corrected chi connectivity index (χ3v) is 4.91. The molecule has 28 heavy (non-hydrogen) atoms. The third-order valence-electron chi connectivity index (χ3n) is 4.91. The van der Waals surface area contributed by atoms with Gasteiger partial charge in [-0.2, -0.15) is 0 Å². The molecule has 8 heteroatoms. The zero-order valence-electron chi connectivity index (χ0n) is 16.9. The number of anilines is 1. The number of benzene rings is 1. The van der Waals surface area contributed by atoms with Gasteiger partial charge in [-0.3, -0.25) is 4.79 Å².